The fourth-order valence-corrected chi connectivity index (χ4v) is 3.83. The van der Waals surface area contributed by atoms with Gasteiger partial charge < -0.3 is 14.4 Å². The van der Waals surface area contributed by atoms with Crippen LogP contribution in [0.3, 0.4) is 0 Å². The van der Waals surface area contributed by atoms with Crippen LogP contribution in [-0.2, 0) is 23.3 Å². The van der Waals surface area contributed by atoms with Crippen molar-refractivity contribution >= 4 is 5.91 Å². The maximum atomic E-state index is 12.7. The first kappa shape index (κ1) is 20.1. The highest BCUT2D eigenvalue weighted by molar-refractivity contribution is 5.79. The van der Waals surface area contributed by atoms with Crippen LogP contribution in [0.4, 0.5) is 0 Å². The van der Waals surface area contributed by atoms with Crippen LogP contribution >= 0.6 is 0 Å². The van der Waals surface area contributed by atoms with Crippen LogP contribution in [0, 0.1) is 0 Å². The molecular weight excluding hydrogens is 358 g/mol. The Labute approximate surface area is 165 Å². The Hall–Kier alpha value is -2.64. The Morgan fingerprint density at radius 2 is 1.96 bits per heavy atom. The zero-order chi connectivity index (χ0) is 20.1. The van der Waals surface area contributed by atoms with E-state index in [0.717, 1.165) is 43.6 Å². The van der Waals surface area contributed by atoms with E-state index in [0.29, 0.717) is 24.5 Å². The number of likely N-dealkylation sites (tertiary alicyclic amines) is 1. The molecule has 1 unspecified atom stereocenters. The molecule has 1 aromatic carbocycles. The van der Waals surface area contributed by atoms with Crippen LogP contribution < -0.4 is 9.47 Å². The first-order valence-corrected chi connectivity index (χ1v) is 9.81. The Kier molecular flexibility index (Phi) is 6.16. The van der Waals surface area contributed by atoms with E-state index in [1.807, 2.05) is 27.8 Å². The normalized spacial score (nSPS) is 19.3. The summed E-state index contributed by atoms with van der Waals surface area (Å²) in [4.78, 5) is 14.6. The van der Waals surface area contributed by atoms with Crippen molar-refractivity contribution in [1.82, 2.24) is 25.1 Å². The van der Waals surface area contributed by atoms with Crippen LogP contribution in [0.2, 0.25) is 0 Å². The molecule has 8 nitrogen and oxygen atoms in total. The minimum Gasteiger partial charge on any atom is -0.493 e. The van der Waals surface area contributed by atoms with Crippen molar-refractivity contribution < 1.29 is 14.3 Å². The number of ether oxygens (including phenoxy) is 2. The van der Waals surface area contributed by atoms with E-state index in [4.69, 9.17) is 9.47 Å². The maximum Gasteiger partial charge on any atom is 0.223 e. The maximum absolute atomic E-state index is 12.7. The molecule has 1 saturated heterocycles. The molecule has 1 fully saturated rings. The summed E-state index contributed by atoms with van der Waals surface area (Å²) in [5.74, 6) is 2.31. The van der Waals surface area contributed by atoms with Crippen molar-refractivity contribution in [3.8, 4) is 11.5 Å². The lowest BCUT2D eigenvalue weighted by Crippen LogP contribution is -2.44. The van der Waals surface area contributed by atoms with E-state index in [1.54, 1.807) is 14.2 Å². The highest BCUT2D eigenvalue weighted by Gasteiger charge is 2.46. The third kappa shape index (κ3) is 3.81. The molecule has 1 aromatic heterocycles. The number of aromatic nitrogens is 4. The lowest BCUT2D eigenvalue weighted by molar-refractivity contribution is -0.131. The minimum atomic E-state index is -0.481. The molecule has 1 atom stereocenters. The van der Waals surface area contributed by atoms with Gasteiger partial charge in [-0.15, -0.1) is 5.10 Å². The van der Waals surface area contributed by atoms with Crippen LogP contribution in [0.1, 0.15) is 50.9 Å². The second-order valence-electron chi connectivity index (χ2n) is 7.34. The average Bonchev–Trinajstić information content (AvgIpc) is 3.30. The second-order valence-corrected chi connectivity index (χ2v) is 7.34. The number of carbonyl (C=O) groups is 1. The molecule has 0 saturated carbocycles. The van der Waals surface area contributed by atoms with Gasteiger partial charge in [0.15, 0.2) is 17.3 Å². The van der Waals surface area contributed by atoms with Crippen molar-refractivity contribution in [2.45, 2.75) is 58.0 Å². The largest absolute Gasteiger partial charge is 0.493 e. The Bertz CT molecular complexity index is 822. The average molecular weight is 387 g/mol. The number of hydrogen-bond acceptors (Lipinski definition) is 6. The number of benzene rings is 1. The van der Waals surface area contributed by atoms with Gasteiger partial charge in [-0.3, -0.25) is 4.79 Å². The summed E-state index contributed by atoms with van der Waals surface area (Å²) >= 11 is 0. The number of unbranched alkanes of at least 4 members (excludes halogenated alkanes) is 1. The van der Waals surface area contributed by atoms with Gasteiger partial charge in [-0.05, 0) is 54.3 Å². The summed E-state index contributed by atoms with van der Waals surface area (Å²) in [5.41, 5.74) is 0.607. The Morgan fingerprint density at radius 1 is 1.18 bits per heavy atom. The molecule has 1 aliphatic heterocycles. The third-order valence-electron chi connectivity index (χ3n) is 5.53. The van der Waals surface area contributed by atoms with E-state index in [1.165, 1.54) is 0 Å². The van der Waals surface area contributed by atoms with Crippen LogP contribution in [0.25, 0.3) is 0 Å². The van der Waals surface area contributed by atoms with Gasteiger partial charge in [0, 0.05) is 19.5 Å². The molecule has 28 heavy (non-hydrogen) atoms. The van der Waals surface area contributed by atoms with Gasteiger partial charge in [0.25, 0.3) is 0 Å². The van der Waals surface area contributed by atoms with Crippen molar-refractivity contribution in [3.05, 3.63) is 29.6 Å². The number of nitrogens with zero attached hydrogens (tertiary/aromatic N) is 5. The van der Waals surface area contributed by atoms with Gasteiger partial charge in [0.1, 0.15) is 5.54 Å². The molecule has 0 aliphatic carbocycles. The fraction of sp³-hybridized carbons (Fsp3) is 0.600. The molecule has 2 aromatic rings. The highest BCUT2D eigenvalue weighted by Crippen LogP contribution is 2.38. The lowest BCUT2D eigenvalue weighted by atomic mass is 9.97. The van der Waals surface area contributed by atoms with E-state index >= 15 is 0 Å². The smallest absolute Gasteiger partial charge is 0.223 e. The summed E-state index contributed by atoms with van der Waals surface area (Å²) in [5, 5.41) is 12.3. The number of carbonyl (C=O) groups excluding carboxylic acids is 1. The van der Waals surface area contributed by atoms with Crippen molar-refractivity contribution in [2.75, 3.05) is 20.8 Å². The number of hydrogen-bond donors (Lipinski definition) is 0. The number of rotatable bonds is 9. The zero-order valence-electron chi connectivity index (χ0n) is 17.1. The van der Waals surface area contributed by atoms with Crippen molar-refractivity contribution in [1.29, 1.82) is 0 Å². The standard InChI is InChI=1S/C20H29N5O3/c1-5-6-12-25-19(21-22-23-25)20(2)11-9-18(26)24(20)13-10-15-7-8-16(27-3)17(14-15)28-4/h7-8,14H,5-6,9-13H2,1-4H3. The molecule has 2 heterocycles. The van der Waals surface area contributed by atoms with Gasteiger partial charge in [0.05, 0.1) is 14.2 Å². The van der Waals surface area contributed by atoms with E-state index in [2.05, 4.69) is 29.4 Å². The van der Waals surface area contributed by atoms with Gasteiger partial charge in [-0.2, -0.15) is 0 Å². The molecule has 1 aliphatic rings. The Balaban J connectivity index is 1.78. The van der Waals surface area contributed by atoms with Gasteiger partial charge >= 0.3 is 0 Å². The molecule has 0 radical (unpaired) electrons. The van der Waals surface area contributed by atoms with Gasteiger partial charge in [0.2, 0.25) is 5.91 Å². The number of amides is 1. The second kappa shape index (κ2) is 8.58. The van der Waals surface area contributed by atoms with Crippen molar-refractivity contribution in [3.63, 3.8) is 0 Å². The van der Waals surface area contributed by atoms with Crippen LogP contribution in [0.5, 0.6) is 11.5 Å². The van der Waals surface area contributed by atoms with Crippen molar-refractivity contribution in [2.24, 2.45) is 0 Å². The summed E-state index contributed by atoms with van der Waals surface area (Å²) in [6, 6.07) is 5.86. The summed E-state index contributed by atoms with van der Waals surface area (Å²) in [6.45, 7) is 5.58. The number of tetrazole rings is 1. The van der Waals surface area contributed by atoms with Crippen LogP contribution in [-0.4, -0.2) is 51.8 Å². The predicted molar refractivity (Wildman–Crippen MR) is 104 cm³/mol. The van der Waals surface area contributed by atoms with E-state index in [9.17, 15) is 4.79 Å². The fourth-order valence-electron chi connectivity index (χ4n) is 3.83. The predicted octanol–water partition coefficient (Wildman–Crippen LogP) is 2.57. The third-order valence-corrected chi connectivity index (χ3v) is 5.53. The molecule has 8 heteroatoms. The first-order chi connectivity index (χ1) is 13.5. The van der Waals surface area contributed by atoms with E-state index in [-0.39, 0.29) is 5.91 Å². The van der Waals surface area contributed by atoms with Gasteiger partial charge in [-0.1, -0.05) is 19.4 Å². The van der Waals surface area contributed by atoms with Gasteiger partial charge in [-0.25, -0.2) is 4.68 Å². The van der Waals surface area contributed by atoms with Crippen LogP contribution in [0.15, 0.2) is 18.2 Å². The number of methoxy groups -OCH3 is 2. The molecule has 1 amide bonds. The quantitative estimate of drug-likeness (QED) is 0.658. The summed E-state index contributed by atoms with van der Waals surface area (Å²) in [6.07, 6.45) is 4.04. The molecule has 0 bridgehead atoms. The van der Waals surface area contributed by atoms with E-state index < -0.39 is 5.54 Å². The topological polar surface area (TPSA) is 82.4 Å². The monoisotopic (exact) mass is 387 g/mol. The molecule has 152 valence electrons. The molecule has 3 rings (SSSR count). The summed E-state index contributed by atoms with van der Waals surface area (Å²) in [7, 11) is 3.24. The molecular formula is C20H29N5O3. The number of aryl methyl sites for hydroxylation is 1. The SMILES string of the molecule is CCCCn1nnnc1C1(C)CCC(=O)N1CCc1ccc(OC)c(OC)c1. The summed E-state index contributed by atoms with van der Waals surface area (Å²) < 4.78 is 12.5. The Morgan fingerprint density at radius 3 is 2.68 bits per heavy atom. The highest BCUT2D eigenvalue weighted by atomic mass is 16.5. The first-order valence-electron chi connectivity index (χ1n) is 9.81. The lowest BCUT2D eigenvalue weighted by Gasteiger charge is -2.34. The zero-order valence-corrected chi connectivity index (χ0v) is 17.1. The molecule has 0 spiro atoms. The molecule has 0 N–H and O–H groups in total. The minimum absolute atomic E-state index is 0.146.